The van der Waals surface area contributed by atoms with Crippen LogP contribution >= 0.6 is 34.0 Å². The number of halogens is 6. The van der Waals surface area contributed by atoms with Gasteiger partial charge >= 0.3 is 31.8 Å². The van der Waals surface area contributed by atoms with Crippen molar-refractivity contribution in [3.63, 3.8) is 0 Å². The Balaban J connectivity index is 0.000000213. The molecule has 15 nitrogen and oxygen atoms in total. The van der Waals surface area contributed by atoms with E-state index in [4.69, 9.17) is 23.9 Å². The molecule has 9 aromatic heterocycles. The first-order valence-electron chi connectivity index (χ1n) is 19.1. The Bertz CT molecular complexity index is 3160. The number of rotatable bonds is 11. The van der Waals surface area contributed by atoms with Crippen molar-refractivity contribution >= 4 is 47.0 Å². The predicted octanol–water partition coefficient (Wildman–Crippen LogP) is 9.78. The number of aromatic nitrogens is 9. The normalized spacial score (nSPS) is 12.1. The maximum Gasteiger partial charge on any atom is 2.00 e. The van der Waals surface area contributed by atoms with Crippen molar-refractivity contribution in [2.45, 2.75) is 12.4 Å². The van der Waals surface area contributed by atoms with Gasteiger partial charge in [-0.2, -0.15) is 26.3 Å². The van der Waals surface area contributed by atoms with Gasteiger partial charge in [0.1, 0.15) is 41.9 Å². The van der Waals surface area contributed by atoms with E-state index in [0.29, 0.717) is 66.8 Å². The number of alkyl halides is 6. The molecule has 1 aliphatic heterocycles. The maximum atomic E-state index is 12.5. The molecule has 344 valence electrons. The molecule has 25 heteroatoms. The largest absolute Gasteiger partial charge is 2.00 e. The molecular formula is C43H23F6N9O6RuS3. The van der Waals surface area contributed by atoms with Crippen molar-refractivity contribution in [1.29, 1.82) is 0 Å². The second-order valence-electron chi connectivity index (χ2n) is 13.6. The number of carbonyl (C=O) groups excluding carboxylic acids is 2. The molecule has 0 amide bonds. The minimum atomic E-state index is -4.68. The minimum Gasteiger partial charge on any atom is -0.573 e. The van der Waals surface area contributed by atoms with Crippen molar-refractivity contribution < 1.29 is 74.4 Å². The SMILES string of the molecule is FC(F)(F)c1cc(-c2ccnc(-c3cc(C(F)(F)F)n[n-]3)n2)[n-]n1.O=COc1ccnc(-c2cc(OC=O)cc(-c3cc(-c4ccc(-c5sc(-c6cccs6)c6c5OCCO6)s4)ccn3)n2)c1.[Ru+2]. The Kier molecular flexibility index (Phi) is 13.9. The molecule has 0 aromatic carbocycles. The summed E-state index contributed by atoms with van der Waals surface area (Å²) in [5.74, 6) is 1.96. The van der Waals surface area contributed by atoms with Gasteiger partial charge in [-0.3, -0.25) is 19.6 Å². The van der Waals surface area contributed by atoms with Crippen LogP contribution in [0, 0.1) is 0 Å². The zero-order valence-corrected chi connectivity index (χ0v) is 37.9. The van der Waals surface area contributed by atoms with E-state index in [2.05, 4.69) is 63.9 Å². The number of carbonyl (C=O) groups is 2. The van der Waals surface area contributed by atoms with Gasteiger partial charge < -0.3 is 39.3 Å². The van der Waals surface area contributed by atoms with Gasteiger partial charge in [-0.05, 0) is 65.5 Å². The number of thiophene rings is 3. The fourth-order valence-electron chi connectivity index (χ4n) is 6.32. The van der Waals surface area contributed by atoms with E-state index in [0.717, 1.165) is 47.6 Å². The molecular weight excluding hydrogens is 1050 g/mol. The van der Waals surface area contributed by atoms with Crippen LogP contribution in [0.3, 0.4) is 0 Å². The fraction of sp³-hybridized carbons (Fsp3) is 0.0930. The van der Waals surface area contributed by atoms with Gasteiger partial charge in [-0.1, -0.05) is 17.5 Å². The van der Waals surface area contributed by atoms with E-state index in [1.165, 1.54) is 12.3 Å². The predicted molar refractivity (Wildman–Crippen MR) is 230 cm³/mol. The summed E-state index contributed by atoms with van der Waals surface area (Å²) in [6.07, 6.45) is -4.97. The summed E-state index contributed by atoms with van der Waals surface area (Å²) in [7, 11) is 0. The standard InChI is InChI=1S/C31H19N3O6S3.C12H4F6N6.Ru/c35-16-39-19-6-8-33-22(13-19)24-15-20(40-17-36)14-23(34-24)21-12-18(5-7-32-21)25-3-4-27(42-25)31-29-28(37-9-10-38-29)30(43-31)26-2-1-11-41-26;13-11(14,15)8-3-6(21-23-8)5-1-2-19-10(20-5)7-4-9(24-22-7)12(16,17)18;/h1-8,11-17H,9-10H2;1-4H;/q;-2;+2. The molecule has 0 aliphatic carbocycles. The van der Waals surface area contributed by atoms with Crippen LogP contribution in [-0.4, -0.2) is 61.3 Å². The summed E-state index contributed by atoms with van der Waals surface area (Å²) in [5.41, 5.74) is -0.0618. The smallest absolute Gasteiger partial charge is 0.573 e. The summed E-state index contributed by atoms with van der Waals surface area (Å²) in [4.78, 5) is 48.6. The second kappa shape index (κ2) is 19.9. The van der Waals surface area contributed by atoms with Crippen molar-refractivity contribution in [2.24, 2.45) is 0 Å². The van der Waals surface area contributed by atoms with Crippen molar-refractivity contribution in [1.82, 2.24) is 45.3 Å². The van der Waals surface area contributed by atoms with Crippen LogP contribution < -0.4 is 29.1 Å². The quantitative estimate of drug-likeness (QED) is 0.0675. The van der Waals surface area contributed by atoms with Gasteiger partial charge in [0.25, 0.3) is 12.9 Å². The molecule has 0 radical (unpaired) electrons. The van der Waals surface area contributed by atoms with Gasteiger partial charge in [0.05, 0.1) is 38.2 Å². The van der Waals surface area contributed by atoms with Crippen LogP contribution in [0.25, 0.3) is 75.6 Å². The average Bonchev–Trinajstić information content (AvgIpc) is 4.19. The van der Waals surface area contributed by atoms with Crippen LogP contribution in [0.15, 0.2) is 103 Å². The topological polar surface area (TPSA) is 189 Å². The second-order valence-corrected chi connectivity index (χ2v) is 16.6. The number of fused-ring (bicyclic) bond motifs is 1. The molecule has 0 fully saturated rings. The third kappa shape index (κ3) is 10.3. The summed E-state index contributed by atoms with van der Waals surface area (Å²) in [6, 6.07) is 21.1. The first-order valence-corrected chi connectivity index (χ1v) is 21.6. The van der Waals surface area contributed by atoms with E-state index in [1.807, 2.05) is 18.2 Å². The molecule has 10 heterocycles. The number of hydrogen-bond donors (Lipinski definition) is 0. The van der Waals surface area contributed by atoms with E-state index >= 15 is 0 Å². The molecule has 0 spiro atoms. The third-order valence-electron chi connectivity index (χ3n) is 9.25. The summed E-state index contributed by atoms with van der Waals surface area (Å²) < 4.78 is 97.3. The van der Waals surface area contributed by atoms with E-state index in [-0.39, 0.29) is 48.1 Å². The zero-order chi connectivity index (χ0) is 46.7. The van der Waals surface area contributed by atoms with Crippen LogP contribution in [-0.2, 0) is 41.4 Å². The molecule has 0 saturated heterocycles. The van der Waals surface area contributed by atoms with Crippen LogP contribution in [0.4, 0.5) is 26.3 Å². The molecule has 0 atom stereocenters. The fourth-order valence-corrected chi connectivity index (χ4v) is 9.47. The van der Waals surface area contributed by atoms with Crippen LogP contribution in [0.2, 0.25) is 0 Å². The Morgan fingerprint density at radius 2 is 1.18 bits per heavy atom. The molecule has 68 heavy (non-hydrogen) atoms. The monoisotopic (exact) mass is 1070 g/mol. The Morgan fingerprint density at radius 1 is 0.588 bits per heavy atom. The average molecular weight is 1070 g/mol. The number of nitrogens with zero attached hydrogens (tertiary/aromatic N) is 9. The van der Waals surface area contributed by atoms with Crippen molar-refractivity contribution in [3.05, 3.63) is 114 Å². The Labute approximate surface area is 403 Å². The molecule has 10 rings (SSSR count). The van der Waals surface area contributed by atoms with Crippen molar-refractivity contribution in [3.8, 4) is 98.6 Å². The number of ether oxygens (including phenoxy) is 4. The maximum absolute atomic E-state index is 12.5. The zero-order valence-electron chi connectivity index (χ0n) is 33.7. The van der Waals surface area contributed by atoms with Gasteiger partial charge in [0, 0.05) is 51.4 Å². The van der Waals surface area contributed by atoms with Crippen molar-refractivity contribution in [2.75, 3.05) is 13.2 Å². The van der Waals surface area contributed by atoms with Gasteiger partial charge in [-0.15, -0.1) is 34.0 Å². The summed E-state index contributed by atoms with van der Waals surface area (Å²) >= 11 is 5.01. The molecule has 0 unspecified atom stereocenters. The molecule has 0 bridgehead atoms. The molecule has 0 N–H and O–H groups in total. The van der Waals surface area contributed by atoms with Gasteiger partial charge in [0.15, 0.2) is 11.5 Å². The third-order valence-corrected chi connectivity index (χ3v) is 12.8. The number of pyridine rings is 3. The first kappa shape index (κ1) is 47.3. The van der Waals surface area contributed by atoms with E-state index < -0.39 is 23.7 Å². The minimum absolute atomic E-state index is 0. The van der Waals surface area contributed by atoms with Crippen LogP contribution in [0.5, 0.6) is 23.0 Å². The molecule has 0 saturated carbocycles. The van der Waals surface area contributed by atoms with Gasteiger partial charge in [0.2, 0.25) is 0 Å². The van der Waals surface area contributed by atoms with Gasteiger partial charge in [-0.25, -0.2) is 15.0 Å². The molecule has 9 aromatic rings. The summed E-state index contributed by atoms with van der Waals surface area (Å²) in [5, 5.41) is 14.7. The number of hydrogen-bond acceptors (Lipinski definition) is 16. The van der Waals surface area contributed by atoms with Crippen LogP contribution in [0.1, 0.15) is 11.4 Å². The first-order chi connectivity index (χ1) is 32.3. The summed E-state index contributed by atoms with van der Waals surface area (Å²) in [6.45, 7) is 1.73. The Morgan fingerprint density at radius 3 is 1.82 bits per heavy atom. The van der Waals surface area contributed by atoms with E-state index in [1.54, 1.807) is 64.5 Å². The molecule has 1 aliphatic rings. The Hall–Kier alpha value is -7.21. The van der Waals surface area contributed by atoms with E-state index in [9.17, 15) is 35.9 Å².